The number of halogens is 2. The largest absolute Gasteiger partial charge is 0.243 e. The Morgan fingerprint density at radius 3 is 2.56 bits per heavy atom. The first-order chi connectivity index (χ1) is 11.9. The summed E-state index contributed by atoms with van der Waals surface area (Å²) in [5.74, 6) is -0.784. The van der Waals surface area contributed by atoms with Crippen molar-refractivity contribution in [1.29, 1.82) is 0 Å². The molecule has 0 aliphatic carbocycles. The molecule has 0 fully saturated rings. The SMILES string of the molecule is Cc1nc(-c2ccccc2Cl)sc1CNS(=O)(=O)c1ccccc1F. The highest BCUT2D eigenvalue weighted by atomic mass is 35.5. The number of thiazole rings is 1. The number of hydrogen-bond donors (Lipinski definition) is 1. The first kappa shape index (κ1) is 18.0. The first-order valence-electron chi connectivity index (χ1n) is 7.34. The normalized spacial score (nSPS) is 11.6. The molecule has 130 valence electrons. The maximum atomic E-state index is 13.7. The molecule has 0 atom stereocenters. The number of nitrogens with one attached hydrogen (secondary N) is 1. The van der Waals surface area contributed by atoms with Crippen molar-refractivity contribution in [3.8, 4) is 10.6 Å². The lowest BCUT2D eigenvalue weighted by atomic mass is 10.2. The van der Waals surface area contributed by atoms with E-state index in [1.54, 1.807) is 13.0 Å². The molecule has 1 aromatic heterocycles. The average Bonchev–Trinajstić information content (AvgIpc) is 2.94. The van der Waals surface area contributed by atoms with Crippen LogP contribution < -0.4 is 4.72 Å². The number of aromatic nitrogens is 1. The molecule has 0 aliphatic heterocycles. The van der Waals surface area contributed by atoms with E-state index in [2.05, 4.69) is 9.71 Å². The van der Waals surface area contributed by atoms with Crippen molar-refractivity contribution in [2.75, 3.05) is 0 Å². The number of hydrogen-bond acceptors (Lipinski definition) is 4. The second kappa shape index (κ2) is 7.21. The van der Waals surface area contributed by atoms with Crippen LogP contribution in [0.5, 0.6) is 0 Å². The minimum absolute atomic E-state index is 0.0324. The zero-order chi connectivity index (χ0) is 18.0. The molecule has 0 unspecified atom stereocenters. The third-order valence-electron chi connectivity index (χ3n) is 3.55. The van der Waals surface area contributed by atoms with Crippen LogP contribution in [0, 0.1) is 12.7 Å². The lowest BCUT2D eigenvalue weighted by molar-refractivity contribution is 0.557. The summed E-state index contributed by atoms with van der Waals surface area (Å²) in [6.45, 7) is 1.83. The quantitative estimate of drug-likeness (QED) is 0.695. The molecule has 25 heavy (non-hydrogen) atoms. The van der Waals surface area contributed by atoms with Gasteiger partial charge < -0.3 is 0 Å². The summed E-state index contributed by atoms with van der Waals surface area (Å²) < 4.78 is 40.7. The van der Waals surface area contributed by atoms with Gasteiger partial charge in [0, 0.05) is 17.0 Å². The molecule has 8 heteroatoms. The Hall–Kier alpha value is -1.80. The molecule has 1 N–H and O–H groups in total. The number of sulfonamides is 1. The summed E-state index contributed by atoms with van der Waals surface area (Å²) in [7, 11) is -3.94. The minimum Gasteiger partial charge on any atom is -0.241 e. The minimum atomic E-state index is -3.94. The molecular weight excluding hydrogens is 383 g/mol. The van der Waals surface area contributed by atoms with Crippen LogP contribution >= 0.6 is 22.9 Å². The van der Waals surface area contributed by atoms with Gasteiger partial charge in [-0.25, -0.2) is 22.5 Å². The number of rotatable bonds is 5. The standard InChI is InChI=1S/C17H14ClFN2O2S2/c1-11-15(24-17(21-11)12-6-2-3-7-13(12)18)10-20-25(22,23)16-9-5-4-8-14(16)19/h2-9,20H,10H2,1H3. The van der Waals surface area contributed by atoms with E-state index in [0.29, 0.717) is 15.7 Å². The first-order valence-corrected chi connectivity index (χ1v) is 10.0. The van der Waals surface area contributed by atoms with Gasteiger partial charge in [-0.05, 0) is 25.1 Å². The predicted molar refractivity (Wildman–Crippen MR) is 97.7 cm³/mol. The maximum Gasteiger partial charge on any atom is 0.243 e. The van der Waals surface area contributed by atoms with E-state index >= 15 is 0 Å². The molecule has 2 aromatic carbocycles. The average molecular weight is 397 g/mol. The Morgan fingerprint density at radius 2 is 1.84 bits per heavy atom. The van der Waals surface area contributed by atoms with Crippen molar-refractivity contribution in [3.63, 3.8) is 0 Å². The van der Waals surface area contributed by atoms with Crippen molar-refractivity contribution in [3.05, 3.63) is 69.9 Å². The molecule has 3 aromatic rings. The topological polar surface area (TPSA) is 59.1 Å². The monoisotopic (exact) mass is 396 g/mol. The molecule has 3 rings (SSSR count). The molecule has 0 saturated heterocycles. The zero-order valence-electron chi connectivity index (χ0n) is 13.2. The number of aryl methyl sites for hydroxylation is 1. The molecule has 0 amide bonds. The van der Waals surface area contributed by atoms with Crippen molar-refractivity contribution in [2.24, 2.45) is 0 Å². The van der Waals surface area contributed by atoms with Gasteiger partial charge in [-0.1, -0.05) is 41.9 Å². The second-order valence-corrected chi connectivity index (χ2v) is 8.49. The number of benzene rings is 2. The second-order valence-electron chi connectivity index (χ2n) is 5.26. The van der Waals surface area contributed by atoms with E-state index in [0.717, 1.165) is 16.5 Å². The van der Waals surface area contributed by atoms with Crippen molar-refractivity contribution < 1.29 is 12.8 Å². The van der Waals surface area contributed by atoms with Gasteiger partial charge in [0.1, 0.15) is 15.7 Å². The van der Waals surface area contributed by atoms with Gasteiger partial charge in [-0.15, -0.1) is 11.3 Å². The van der Waals surface area contributed by atoms with Crippen molar-refractivity contribution in [1.82, 2.24) is 9.71 Å². The van der Waals surface area contributed by atoms with E-state index in [9.17, 15) is 12.8 Å². The molecule has 0 bridgehead atoms. The van der Waals surface area contributed by atoms with Crippen LogP contribution in [-0.2, 0) is 16.6 Å². The van der Waals surface area contributed by atoms with Crippen LogP contribution in [0.4, 0.5) is 4.39 Å². The van der Waals surface area contributed by atoms with Gasteiger partial charge in [0.15, 0.2) is 0 Å². The Bertz CT molecular complexity index is 1020. The van der Waals surface area contributed by atoms with Gasteiger partial charge in [-0.2, -0.15) is 0 Å². The van der Waals surface area contributed by atoms with Crippen LogP contribution in [0.3, 0.4) is 0 Å². The predicted octanol–water partition coefficient (Wildman–Crippen LogP) is 4.39. The van der Waals surface area contributed by atoms with Crippen LogP contribution in [0.1, 0.15) is 10.6 Å². The molecule has 4 nitrogen and oxygen atoms in total. The van der Waals surface area contributed by atoms with E-state index in [4.69, 9.17) is 11.6 Å². The van der Waals surface area contributed by atoms with Crippen LogP contribution in [0.2, 0.25) is 5.02 Å². The van der Waals surface area contributed by atoms with E-state index < -0.39 is 15.8 Å². The van der Waals surface area contributed by atoms with Gasteiger partial charge in [0.05, 0.1) is 10.7 Å². The summed E-state index contributed by atoms with van der Waals surface area (Å²) in [5.41, 5.74) is 1.50. The van der Waals surface area contributed by atoms with Crippen LogP contribution in [0.25, 0.3) is 10.6 Å². The highest BCUT2D eigenvalue weighted by molar-refractivity contribution is 7.89. The van der Waals surface area contributed by atoms with Crippen LogP contribution in [-0.4, -0.2) is 13.4 Å². The summed E-state index contributed by atoms with van der Waals surface area (Å²) in [6.07, 6.45) is 0. The highest BCUT2D eigenvalue weighted by Crippen LogP contribution is 2.32. The molecule has 0 saturated carbocycles. The lowest BCUT2D eigenvalue weighted by Gasteiger charge is -2.06. The number of nitrogens with zero attached hydrogens (tertiary/aromatic N) is 1. The van der Waals surface area contributed by atoms with Crippen molar-refractivity contribution >= 4 is 33.0 Å². The smallest absolute Gasteiger partial charge is 0.241 e. The zero-order valence-corrected chi connectivity index (χ0v) is 15.6. The van der Waals surface area contributed by atoms with Crippen LogP contribution in [0.15, 0.2) is 53.4 Å². The van der Waals surface area contributed by atoms with Crippen molar-refractivity contribution in [2.45, 2.75) is 18.4 Å². The summed E-state index contributed by atoms with van der Waals surface area (Å²) in [4.78, 5) is 4.83. The Balaban J connectivity index is 1.83. The molecule has 0 radical (unpaired) electrons. The van der Waals surface area contributed by atoms with Gasteiger partial charge in [0.2, 0.25) is 10.0 Å². The summed E-state index contributed by atoms with van der Waals surface area (Å²) in [5, 5.41) is 1.29. The molecule has 0 aliphatic rings. The third-order valence-corrected chi connectivity index (χ3v) is 6.50. The third kappa shape index (κ3) is 3.90. The fraction of sp³-hybridized carbons (Fsp3) is 0.118. The van der Waals surface area contributed by atoms with E-state index in [1.165, 1.54) is 29.5 Å². The molecule has 1 heterocycles. The Morgan fingerprint density at radius 1 is 1.16 bits per heavy atom. The lowest BCUT2D eigenvalue weighted by Crippen LogP contribution is -2.24. The fourth-order valence-corrected chi connectivity index (χ4v) is 4.73. The molecule has 0 spiro atoms. The molecular formula is C17H14ClFN2O2S2. The summed E-state index contributed by atoms with van der Waals surface area (Å²) in [6, 6.07) is 12.6. The maximum absolute atomic E-state index is 13.7. The summed E-state index contributed by atoms with van der Waals surface area (Å²) >= 11 is 7.53. The Kier molecular flexibility index (Phi) is 5.19. The van der Waals surface area contributed by atoms with E-state index in [1.807, 2.05) is 18.2 Å². The van der Waals surface area contributed by atoms with Gasteiger partial charge >= 0.3 is 0 Å². The van der Waals surface area contributed by atoms with Gasteiger partial charge in [0.25, 0.3) is 0 Å². The van der Waals surface area contributed by atoms with Gasteiger partial charge in [-0.3, -0.25) is 0 Å². The van der Waals surface area contributed by atoms with E-state index in [-0.39, 0.29) is 11.4 Å². The highest BCUT2D eigenvalue weighted by Gasteiger charge is 2.19. The Labute approximate surface area is 154 Å². The fourth-order valence-electron chi connectivity index (χ4n) is 2.24.